The third-order valence-electron chi connectivity index (χ3n) is 4.29. The molecule has 1 N–H and O–H groups in total. The van der Waals surface area contributed by atoms with Gasteiger partial charge in [-0.05, 0) is 36.1 Å². The molecule has 1 fully saturated rings. The molecule has 3 rings (SSSR count). The summed E-state index contributed by atoms with van der Waals surface area (Å²) in [5.41, 5.74) is 2.33. The van der Waals surface area contributed by atoms with Gasteiger partial charge in [-0.15, -0.1) is 0 Å². The quantitative estimate of drug-likeness (QED) is 0.812. The van der Waals surface area contributed by atoms with Crippen LogP contribution in [0.4, 0.5) is 0 Å². The third kappa shape index (κ3) is 4.83. The van der Waals surface area contributed by atoms with E-state index in [1.807, 2.05) is 42.5 Å². The lowest BCUT2D eigenvalue weighted by molar-refractivity contribution is -0.122. The van der Waals surface area contributed by atoms with E-state index in [0.717, 1.165) is 17.9 Å². The molecule has 2 aromatic rings. The van der Waals surface area contributed by atoms with Gasteiger partial charge in [0.2, 0.25) is 5.91 Å². The maximum Gasteiger partial charge on any atom is 0.234 e. The van der Waals surface area contributed by atoms with Crippen LogP contribution >= 0.6 is 0 Å². The number of amides is 1. The summed E-state index contributed by atoms with van der Waals surface area (Å²) in [4.78, 5) is 14.6. The predicted octanol–water partition coefficient (Wildman–Crippen LogP) is 2.98. The van der Waals surface area contributed by atoms with Crippen molar-refractivity contribution in [2.24, 2.45) is 0 Å². The monoisotopic (exact) mass is 324 g/mol. The number of carbonyl (C=O) groups is 1. The minimum absolute atomic E-state index is 0.0775. The Labute approximate surface area is 143 Å². The van der Waals surface area contributed by atoms with Gasteiger partial charge in [0.1, 0.15) is 5.75 Å². The van der Waals surface area contributed by atoms with Crippen molar-refractivity contribution in [3.8, 4) is 5.75 Å². The molecule has 0 saturated heterocycles. The fraction of sp³-hybridized carbons (Fsp3) is 0.350. The van der Waals surface area contributed by atoms with Crippen LogP contribution in [0.25, 0.3) is 0 Å². The van der Waals surface area contributed by atoms with Gasteiger partial charge in [-0.3, -0.25) is 9.69 Å². The Morgan fingerprint density at radius 3 is 2.42 bits per heavy atom. The van der Waals surface area contributed by atoms with Crippen molar-refractivity contribution < 1.29 is 9.53 Å². The first-order valence-electron chi connectivity index (χ1n) is 8.42. The second kappa shape index (κ2) is 7.97. The Bertz CT molecular complexity index is 651. The highest BCUT2D eigenvalue weighted by Crippen LogP contribution is 2.28. The van der Waals surface area contributed by atoms with Gasteiger partial charge in [-0.25, -0.2) is 0 Å². The van der Waals surface area contributed by atoms with Crippen molar-refractivity contribution in [2.75, 3.05) is 13.7 Å². The van der Waals surface area contributed by atoms with Gasteiger partial charge in [-0.2, -0.15) is 0 Å². The van der Waals surface area contributed by atoms with Crippen molar-refractivity contribution in [1.82, 2.24) is 10.2 Å². The van der Waals surface area contributed by atoms with Gasteiger partial charge >= 0.3 is 0 Å². The first kappa shape index (κ1) is 16.5. The highest BCUT2D eigenvalue weighted by molar-refractivity contribution is 5.78. The molecule has 0 heterocycles. The van der Waals surface area contributed by atoms with E-state index in [4.69, 9.17) is 4.74 Å². The normalized spacial score (nSPS) is 13.8. The second-order valence-electron chi connectivity index (χ2n) is 6.25. The fourth-order valence-corrected chi connectivity index (χ4v) is 2.76. The number of benzene rings is 2. The van der Waals surface area contributed by atoms with Crippen LogP contribution in [0.3, 0.4) is 0 Å². The summed E-state index contributed by atoms with van der Waals surface area (Å²) in [6.07, 6.45) is 2.39. The van der Waals surface area contributed by atoms with Crippen LogP contribution < -0.4 is 10.1 Å². The highest BCUT2D eigenvalue weighted by atomic mass is 16.5. The SMILES string of the molecule is COc1ccc(CNC(=O)CN(Cc2ccccc2)C2CC2)cc1. The van der Waals surface area contributed by atoms with Crippen molar-refractivity contribution in [2.45, 2.75) is 32.0 Å². The Kier molecular flexibility index (Phi) is 5.49. The standard InChI is InChI=1S/C20H24N2O2/c1-24-19-11-7-16(8-12-19)13-21-20(23)15-22(18-9-10-18)14-17-5-3-2-4-6-17/h2-8,11-12,18H,9-10,13-15H2,1H3,(H,21,23). The molecule has 0 unspecified atom stereocenters. The van der Waals surface area contributed by atoms with E-state index in [1.165, 1.54) is 18.4 Å². The molecule has 0 spiro atoms. The van der Waals surface area contributed by atoms with E-state index >= 15 is 0 Å². The Morgan fingerprint density at radius 2 is 1.79 bits per heavy atom. The first-order chi connectivity index (χ1) is 11.7. The first-order valence-corrected chi connectivity index (χ1v) is 8.42. The van der Waals surface area contributed by atoms with Crippen LogP contribution in [0.1, 0.15) is 24.0 Å². The van der Waals surface area contributed by atoms with Crippen LogP contribution in [-0.4, -0.2) is 30.5 Å². The van der Waals surface area contributed by atoms with Gasteiger partial charge in [0.25, 0.3) is 0 Å². The van der Waals surface area contributed by atoms with E-state index in [0.29, 0.717) is 19.1 Å². The predicted molar refractivity (Wildman–Crippen MR) is 94.7 cm³/mol. The number of hydrogen-bond acceptors (Lipinski definition) is 3. The zero-order valence-corrected chi connectivity index (χ0v) is 14.1. The summed E-state index contributed by atoms with van der Waals surface area (Å²) in [5.74, 6) is 0.904. The maximum atomic E-state index is 12.3. The molecule has 0 aromatic heterocycles. The van der Waals surface area contributed by atoms with Gasteiger partial charge in [0.05, 0.1) is 13.7 Å². The van der Waals surface area contributed by atoms with E-state index in [2.05, 4.69) is 22.3 Å². The summed E-state index contributed by atoms with van der Waals surface area (Å²) in [5, 5.41) is 3.01. The Balaban J connectivity index is 1.50. The van der Waals surface area contributed by atoms with Crippen LogP contribution in [-0.2, 0) is 17.9 Å². The molecule has 4 heteroatoms. The Hall–Kier alpha value is -2.33. The molecule has 0 bridgehead atoms. The molecule has 4 nitrogen and oxygen atoms in total. The molecule has 0 aliphatic heterocycles. The van der Waals surface area contributed by atoms with Crippen molar-refractivity contribution in [1.29, 1.82) is 0 Å². The third-order valence-corrected chi connectivity index (χ3v) is 4.29. The number of methoxy groups -OCH3 is 1. The summed E-state index contributed by atoms with van der Waals surface area (Å²) < 4.78 is 5.14. The number of ether oxygens (including phenoxy) is 1. The number of hydrogen-bond donors (Lipinski definition) is 1. The average molecular weight is 324 g/mol. The molecule has 1 amide bonds. The van der Waals surface area contributed by atoms with E-state index in [1.54, 1.807) is 7.11 Å². The molecule has 24 heavy (non-hydrogen) atoms. The molecular weight excluding hydrogens is 300 g/mol. The minimum Gasteiger partial charge on any atom is -0.497 e. The van der Waals surface area contributed by atoms with E-state index in [-0.39, 0.29) is 5.91 Å². The summed E-state index contributed by atoms with van der Waals surface area (Å²) in [7, 11) is 1.65. The molecule has 0 radical (unpaired) electrons. The zero-order chi connectivity index (χ0) is 16.8. The number of nitrogens with zero attached hydrogens (tertiary/aromatic N) is 1. The molecular formula is C20H24N2O2. The summed E-state index contributed by atoms with van der Waals surface area (Å²) in [6.45, 7) is 1.84. The molecule has 126 valence electrons. The van der Waals surface area contributed by atoms with Gasteiger partial charge < -0.3 is 10.1 Å². The van der Waals surface area contributed by atoms with Gasteiger partial charge in [0.15, 0.2) is 0 Å². The molecule has 1 saturated carbocycles. The lowest BCUT2D eigenvalue weighted by Gasteiger charge is -2.21. The maximum absolute atomic E-state index is 12.3. The fourth-order valence-electron chi connectivity index (χ4n) is 2.76. The molecule has 0 atom stereocenters. The highest BCUT2D eigenvalue weighted by Gasteiger charge is 2.30. The van der Waals surface area contributed by atoms with Crippen molar-refractivity contribution in [3.63, 3.8) is 0 Å². The minimum atomic E-state index is 0.0775. The number of nitrogens with one attached hydrogen (secondary N) is 1. The topological polar surface area (TPSA) is 41.6 Å². The molecule has 1 aliphatic carbocycles. The summed E-state index contributed by atoms with van der Waals surface area (Å²) >= 11 is 0. The summed E-state index contributed by atoms with van der Waals surface area (Å²) in [6, 6.07) is 18.7. The van der Waals surface area contributed by atoms with Crippen molar-refractivity contribution >= 4 is 5.91 Å². The second-order valence-corrected chi connectivity index (χ2v) is 6.25. The molecule has 2 aromatic carbocycles. The smallest absolute Gasteiger partial charge is 0.234 e. The van der Waals surface area contributed by atoms with Gasteiger partial charge in [0, 0.05) is 19.1 Å². The zero-order valence-electron chi connectivity index (χ0n) is 14.1. The van der Waals surface area contributed by atoms with E-state index in [9.17, 15) is 4.79 Å². The number of rotatable bonds is 8. The van der Waals surface area contributed by atoms with Crippen LogP contribution in [0.2, 0.25) is 0 Å². The lowest BCUT2D eigenvalue weighted by atomic mass is 10.2. The van der Waals surface area contributed by atoms with Gasteiger partial charge in [-0.1, -0.05) is 42.5 Å². The molecule has 1 aliphatic rings. The number of carbonyl (C=O) groups excluding carboxylic acids is 1. The van der Waals surface area contributed by atoms with Crippen LogP contribution in [0, 0.1) is 0 Å². The van der Waals surface area contributed by atoms with Crippen LogP contribution in [0.5, 0.6) is 5.75 Å². The van der Waals surface area contributed by atoms with Crippen molar-refractivity contribution in [3.05, 3.63) is 65.7 Å². The van der Waals surface area contributed by atoms with E-state index < -0.39 is 0 Å². The van der Waals surface area contributed by atoms with Crippen LogP contribution in [0.15, 0.2) is 54.6 Å². The Morgan fingerprint density at radius 1 is 1.08 bits per heavy atom. The largest absolute Gasteiger partial charge is 0.497 e. The average Bonchev–Trinajstić information content (AvgIpc) is 3.46. The lowest BCUT2D eigenvalue weighted by Crippen LogP contribution is -2.37.